The van der Waals surface area contributed by atoms with Crippen LogP contribution in [0.3, 0.4) is 0 Å². The average Bonchev–Trinajstić information content (AvgIpc) is 3.39. The molecule has 33 heavy (non-hydrogen) atoms. The Labute approximate surface area is 195 Å². The SMILES string of the molecule is COC(=O)c1ccccc1-c1ccc(CC2SC(S(=O)(=O)O)N(Cc3ccccc3)C2=O)o1. The van der Waals surface area contributed by atoms with Crippen LogP contribution in [-0.4, -0.2) is 46.8 Å². The first-order valence-electron chi connectivity index (χ1n) is 10.0. The van der Waals surface area contributed by atoms with Crippen LogP contribution in [-0.2, 0) is 32.6 Å². The Balaban J connectivity index is 1.56. The van der Waals surface area contributed by atoms with Crippen LogP contribution in [0.1, 0.15) is 21.7 Å². The van der Waals surface area contributed by atoms with Crippen molar-refractivity contribution in [3.63, 3.8) is 0 Å². The number of amides is 1. The molecule has 1 aromatic heterocycles. The molecule has 0 saturated carbocycles. The number of nitrogens with zero attached hydrogens (tertiary/aromatic N) is 1. The molecule has 2 heterocycles. The summed E-state index contributed by atoms with van der Waals surface area (Å²) in [5.41, 5.74) is 1.63. The summed E-state index contributed by atoms with van der Waals surface area (Å²) in [5.74, 6) is -0.0305. The molecule has 2 aromatic carbocycles. The fraction of sp³-hybridized carbons (Fsp3) is 0.217. The van der Waals surface area contributed by atoms with Crippen LogP contribution in [0.5, 0.6) is 0 Å². The number of esters is 1. The highest BCUT2D eigenvalue weighted by atomic mass is 32.3. The Morgan fingerprint density at radius 2 is 1.79 bits per heavy atom. The Morgan fingerprint density at radius 3 is 2.48 bits per heavy atom. The van der Waals surface area contributed by atoms with Crippen LogP contribution >= 0.6 is 11.8 Å². The number of thioether (sulfide) groups is 1. The maximum Gasteiger partial charge on any atom is 0.338 e. The van der Waals surface area contributed by atoms with E-state index in [1.807, 2.05) is 6.07 Å². The number of carbonyl (C=O) groups excluding carboxylic acids is 2. The molecule has 0 spiro atoms. The van der Waals surface area contributed by atoms with Gasteiger partial charge >= 0.3 is 5.97 Å². The third-order valence-corrected chi connectivity index (χ3v) is 8.20. The lowest BCUT2D eigenvalue weighted by molar-refractivity contribution is -0.129. The lowest BCUT2D eigenvalue weighted by Gasteiger charge is -2.21. The summed E-state index contributed by atoms with van der Waals surface area (Å²) in [6.07, 6.45) is 0.126. The molecule has 1 saturated heterocycles. The molecule has 172 valence electrons. The molecule has 1 aliphatic rings. The van der Waals surface area contributed by atoms with E-state index in [4.69, 9.17) is 9.15 Å². The van der Waals surface area contributed by atoms with Crippen LogP contribution in [0, 0.1) is 0 Å². The first-order chi connectivity index (χ1) is 15.8. The second-order valence-electron chi connectivity index (χ2n) is 7.41. The average molecular weight is 488 g/mol. The Hall–Kier alpha value is -3.08. The van der Waals surface area contributed by atoms with Crippen molar-refractivity contribution in [2.75, 3.05) is 7.11 Å². The van der Waals surface area contributed by atoms with Gasteiger partial charge in [0.15, 0.2) is 0 Å². The minimum Gasteiger partial charge on any atom is -0.465 e. The van der Waals surface area contributed by atoms with Crippen molar-refractivity contribution >= 4 is 33.8 Å². The lowest BCUT2D eigenvalue weighted by atomic mass is 10.1. The molecule has 1 aliphatic heterocycles. The first-order valence-corrected chi connectivity index (χ1v) is 12.4. The zero-order chi connectivity index (χ0) is 23.6. The second-order valence-corrected chi connectivity index (χ2v) is 10.5. The van der Waals surface area contributed by atoms with Crippen molar-refractivity contribution in [2.24, 2.45) is 0 Å². The predicted octanol–water partition coefficient (Wildman–Crippen LogP) is 3.59. The zero-order valence-corrected chi connectivity index (χ0v) is 19.2. The quantitative estimate of drug-likeness (QED) is 0.397. The largest absolute Gasteiger partial charge is 0.465 e. The van der Waals surface area contributed by atoms with E-state index in [1.165, 1.54) is 7.11 Å². The van der Waals surface area contributed by atoms with Gasteiger partial charge < -0.3 is 14.1 Å². The normalized spacial score (nSPS) is 18.5. The van der Waals surface area contributed by atoms with Gasteiger partial charge in [-0.15, -0.1) is 11.8 Å². The molecule has 0 aliphatic carbocycles. The highest BCUT2D eigenvalue weighted by Gasteiger charge is 2.46. The second kappa shape index (κ2) is 9.42. The zero-order valence-electron chi connectivity index (χ0n) is 17.6. The maximum absolute atomic E-state index is 13.1. The molecule has 2 unspecified atom stereocenters. The van der Waals surface area contributed by atoms with Crippen molar-refractivity contribution in [3.05, 3.63) is 83.6 Å². The van der Waals surface area contributed by atoms with Crippen molar-refractivity contribution in [2.45, 2.75) is 22.9 Å². The van der Waals surface area contributed by atoms with Crippen LogP contribution in [0.2, 0.25) is 0 Å². The maximum atomic E-state index is 13.1. The molecule has 4 rings (SSSR count). The Kier molecular flexibility index (Phi) is 6.59. The Morgan fingerprint density at radius 1 is 1.09 bits per heavy atom. The highest BCUT2D eigenvalue weighted by molar-refractivity contribution is 8.12. The number of furan rings is 1. The number of hydrogen-bond donors (Lipinski definition) is 1. The van der Waals surface area contributed by atoms with Crippen molar-refractivity contribution in [1.29, 1.82) is 0 Å². The summed E-state index contributed by atoms with van der Waals surface area (Å²) in [5, 5.41) is -0.754. The van der Waals surface area contributed by atoms with E-state index in [2.05, 4.69) is 0 Å². The van der Waals surface area contributed by atoms with Crippen molar-refractivity contribution < 1.29 is 31.7 Å². The molecule has 0 radical (unpaired) electrons. The molecule has 1 amide bonds. The van der Waals surface area contributed by atoms with Crippen LogP contribution in [0.4, 0.5) is 0 Å². The van der Waals surface area contributed by atoms with Gasteiger partial charge in [0.2, 0.25) is 10.6 Å². The molecule has 1 N–H and O–H groups in total. The van der Waals surface area contributed by atoms with E-state index in [1.54, 1.807) is 60.7 Å². The van der Waals surface area contributed by atoms with E-state index in [0.29, 0.717) is 22.6 Å². The van der Waals surface area contributed by atoms with Gasteiger partial charge in [-0.25, -0.2) is 4.79 Å². The Bertz CT molecular complexity index is 1270. The van der Waals surface area contributed by atoms with E-state index >= 15 is 0 Å². The van der Waals surface area contributed by atoms with Crippen molar-refractivity contribution in [3.8, 4) is 11.3 Å². The van der Waals surface area contributed by atoms with Gasteiger partial charge in [0.25, 0.3) is 10.1 Å². The number of carbonyl (C=O) groups is 2. The topological polar surface area (TPSA) is 114 Å². The first kappa shape index (κ1) is 23.1. The van der Waals surface area contributed by atoms with Gasteiger partial charge in [-0.1, -0.05) is 48.5 Å². The summed E-state index contributed by atoms with van der Waals surface area (Å²) in [6, 6.07) is 19.1. The van der Waals surface area contributed by atoms with Crippen LogP contribution < -0.4 is 0 Å². The van der Waals surface area contributed by atoms with Crippen molar-refractivity contribution in [1.82, 2.24) is 4.90 Å². The number of ether oxygens (including phenoxy) is 1. The molecular weight excluding hydrogens is 466 g/mol. The van der Waals surface area contributed by atoms with E-state index in [-0.39, 0.29) is 13.0 Å². The van der Waals surface area contributed by atoms with Gasteiger partial charge in [0.05, 0.1) is 17.9 Å². The smallest absolute Gasteiger partial charge is 0.338 e. The molecule has 10 heteroatoms. The summed E-state index contributed by atoms with van der Waals surface area (Å²) in [6.45, 7) is 0.0591. The van der Waals surface area contributed by atoms with Crippen LogP contribution in [0.15, 0.2) is 71.1 Å². The predicted molar refractivity (Wildman–Crippen MR) is 123 cm³/mol. The van der Waals surface area contributed by atoms with Crippen LogP contribution in [0.25, 0.3) is 11.3 Å². The fourth-order valence-corrected chi connectivity index (χ4v) is 6.24. The highest BCUT2D eigenvalue weighted by Crippen LogP contribution is 2.38. The summed E-state index contributed by atoms with van der Waals surface area (Å²) in [4.78, 5) is 26.3. The van der Waals surface area contributed by atoms with E-state index in [9.17, 15) is 22.6 Å². The third kappa shape index (κ3) is 4.97. The standard InChI is InChI=1S/C23H21NO7S2/c1-30-22(26)18-10-6-5-9-17(18)19-12-11-16(31-19)13-20-21(25)24(23(32-20)33(27,28)29)14-15-7-3-2-4-8-15/h2-12,20,23H,13-14H2,1H3,(H,27,28,29). The molecule has 1 fully saturated rings. The van der Waals surface area contributed by atoms with Gasteiger partial charge in [-0.2, -0.15) is 8.42 Å². The molecule has 2 atom stereocenters. The summed E-state index contributed by atoms with van der Waals surface area (Å²) < 4.78 is 43.0. The van der Waals surface area contributed by atoms with Gasteiger partial charge in [-0.05, 0) is 23.8 Å². The minimum absolute atomic E-state index is 0.0591. The monoisotopic (exact) mass is 487 g/mol. The van der Waals surface area contributed by atoms with Gasteiger partial charge in [0, 0.05) is 18.5 Å². The molecule has 8 nitrogen and oxygen atoms in total. The summed E-state index contributed by atoms with van der Waals surface area (Å²) >= 11 is 0.869. The number of rotatable bonds is 7. The lowest BCUT2D eigenvalue weighted by Crippen LogP contribution is -2.38. The van der Waals surface area contributed by atoms with E-state index in [0.717, 1.165) is 22.2 Å². The molecule has 3 aromatic rings. The minimum atomic E-state index is -4.50. The van der Waals surface area contributed by atoms with Gasteiger partial charge in [0.1, 0.15) is 11.5 Å². The van der Waals surface area contributed by atoms with Gasteiger partial charge in [-0.3, -0.25) is 9.35 Å². The molecular formula is C23H21NO7S2. The van der Waals surface area contributed by atoms with E-state index < -0.39 is 32.0 Å². The number of benzene rings is 2. The molecule has 0 bridgehead atoms. The number of hydrogen-bond acceptors (Lipinski definition) is 7. The number of methoxy groups -OCH3 is 1. The summed E-state index contributed by atoms with van der Waals surface area (Å²) in [7, 11) is -3.21. The third-order valence-electron chi connectivity index (χ3n) is 5.19. The fourth-order valence-electron chi connectivity index (χ4n) is 3.66.